The smallest absolute Gasteiger partial charge is 0.341 e. The summed E-state index contributed by atoms with van der Waals surface area (Å²) in [7, 11) is 0. The van der Waals surface area contributed by atoms with Gasteiger partial charge in [-0.05, 0) is 43.4 Å². The topological polar surface area (TPSA) is 80.3 Å². The van der Waals surface area contributed by atoms with E-state index in [2.05, 4.69) is 15.6 Å². The van der Waals surface area contributed by atoms with E-state index < -0.39 is 0 Å². The lowest BCUT2D eigenvalue weighted by Crippen LogP contribution is -2.28. The van der Waals surface area contributed by atoms with E-state index in [4.69, 9.17) is 4.74 Å². The predicted molar refractivity (Wildman–Crippen MR) is 96.9 cm³/mol. The number of hydrogen-bond acceptors (Lipinski definition) is 6. The molecule has 0 fully saturated rings. The van der Waals surface area contributed by atoms with Gasteiger partial charge in [-0.25, -0.2) is 4.79 Å². The first kappa shape index (κ1) is 17.6. The van der Waals surface area contributed by atoms with Gasteiger partial charge in [0, 0.05) is 23.8 Å². The van der Waals surface area contributed by atoms with Gasteiger partial charge in [0.25, 0.3) is 0 Å². The van der Waals surface area contributed by atoms with E-state index in [0.717, 1.165) is 30.4 Å². The molecule has 0 aliphatic heterocycles. The second-order valence-corrected chi connectivity index (χ2v) is 6.90. The zero-order valence-electron chi connectivity index (χ0n) is 14.1. The zero-order chi connectivity index (χ0) is 17.6. The second kappa shape index (κ2) is 8.22. The van der Waals surface area contributed by atoms with E-state index in [-0.39, 0.29) is 18.4 Å². The number of anilines is 1. The van der Waals surface area contributed by atoms with Crippen LogP contribution in [0.3, 0.4) is 0 Å². The summed E-state index contributed by atoms with van der Waals surface area (Å²) in [6.07, 6.45) is 6.35. The Morgan fingerprint density at radius 2 is 2.24 bits per heavy atom. The lowest BCUT2D eigenvalue weighted by molar-refractivity contribution is -0.115. The number of aryl methyl sites for hydroxylation is 1. The molecule has 3 rings (SSSR count). The highest BCUT2D eigenvalue weighted by molar-refractivity contribution is 7.17. The van der Waals surface area contributed by atoms with Crippen LogP contribution >= 0.6 is 11.3 Å². The predicted octanol–water partition coefficient (Wildman–Crippen LogP) is 2.54. The van der Waals surface area contributed by atoms with Crippen LogP contribution in [-0.4, -0.2) is 30.0 Å². The summed E-state index contributed by atoms with van der Waals surface area (Å²) in [6, 6.07) is 3.80. The maximum absolute atomic E-state index is 12.3. The van der Waals surface area contributed by atoms with Crippen molar-refractivity contribution in [3.63, 3.8) is 0 Å². The third kappa shape index (κ3) is 4.24. The first-order chi connectivity index (χ1) is 12.2. The maximum atomic E-state index is 12.3. The Hall–Kier alpha value is -2.25. The van der Waals surface area contributed by atoms with Crippen LogP contribution in [0.25, 0.3) is 0 Å². The molecule has 0 spiro atoms. The van der Waals surface area contributed by atoms with Crippen LogP contribution in [-0.2, 0) is 28.9 Å². The van der Waals surface area contributed by atoms with Crippen LogP contribution < -0.4 is 10.6 Å². The first-order valence-electron chi connectivity index (χ1n) is 8.40. The van der Waals surface area contributed by atoms with Crippen molar-refractivity contribution in [2.45, 2.75) is 32.7 Å². The molecule has 6 nitrogen and oxygen atoms in total. The highest BCUT2D eigenvalue weighted by Gasteiger charge is 2.28. The molecule has 0 saturated heterocycles. The third-order valence-electron chi connectivity index (χ3n) is 3.99. The number of fused-ring (bicyclic) bond motifs is 1. The number of thiophene rings is 1. The molecule has 0 unspecified atom stereocenters. The standard InChI is InChI=1S/C18H21N3O3S/c1-2-24-18(23)16-13-6-3-7-14(13)25-17(16)21-15(22)11-20-10-12-5-4-8-19-9-12/h4-5,8-9,20H,2-3,6-7,10-11H2,1H3,(H,21,22). The van der Waals surface area contributed by atoms with Crippen molar-refractivity contribution >= 4 is 28.2 Å². The number of esters is 1. The Bertz CT molecular complexity index is 758. The average Bonchev–Trinajstić information content (AvgIpc) is 3.16. The molecule has 7 heteroatoms. The molecule has 132 valence electrons. The van der Waals surface area contributed by atoms with Crippen LogP contribution in [0.15, 0.2) is 24.5 Å². The Balaban J connectivity index is 1.62. The molecule has 2 N–H and O–H groups in total. The van der Waals surface area contributed by atoms with Crippen LogP contribution in [0, 0.1) is 0 Å². The molecular weight excluding hydrogens is 338 g/mol. The van der Waals surface area contributed by atoms with Gasteiger partial charge in [-0.15, -0.1) is 11.3 Å². The molecule has 0 radical (unpaired) electrons. The normalized spacial score (nSPS) is 12.7. The molecular formula is C18H21N3O3S. The Morgan fingerprint density at radius 3 is 3.00 bits per heavy atom. The summed E-state index contributed by atoms with van der Waals surface area (Å²) in [5.41, 5.74) is 2.60. The first-order valence-corrected chi connectivity index (χ1v) is 9.21. The Kier molecular flexibility index (Phi) is 5.78. The number of ether oxygens (including phenoxy) is 1. The fraction of sp³-hybridized carbons (Fsp3) is 0.389. The number of carbonyl (C=O) groups excluding carboxylic acids is 2. The zero-order valence-corrected chi connectivity index (χ0v) is 14.9. The number of carbonyl (C=O) groups is 2. The second-order valence-electron chi connectivity index (χ2n) is 5.79. The highest BCUT2D eigenvalue weighted by atomic mass is 32.1. The summed E-state index contributed by atoms with van der Waals surface area (Å²) >= 11 is 1.49. The summed E-state index contributed by atoms with van der Waals surface area (Å²) in [6.45, 7) is 2.83. The number of pyridine rings is 1. The van der Waals surface area contributed by atoms with Crippen molar-refractivity contribution in [3.8, 4) is 0 Å². The Labute approximate surface area is 150 Å². The van der Waals surface area contributed by atoms with Gasteiger partial charge in [-0.1, -0.05) is 6.07 Å². The highest BCUT2D eigenvalue weighted by Crippen LogP contribution is 2.39. The largest absolute Gasteiger partial charge is 0.462 e. The van der Waals surface area contributed by atoms with E-state index in [9.17, 15) is 9.59 Å². The van der Waals surface area contributed by atoms with Crippen molar-refractivity contribution in [1.82, 2.24) is 10.3 Å². The number of nitrogens with zero attached hydrogens (tertiary/aromatic N) is 1. The molecule has 2 heterocycles. The van der Waals surface area contributed by atoms with E-state index in [1.165, 1.54) is 16.2 Å². The number of aromatic nitrogens is 1. The number of nitrogens with one attached hydrogen (secondary N) is 2. The van der Waals surface area contributed by atoms with Crippen molar-refractivity contribution in [1.29, 1.82) is 0 Å². The lowest BCUT2D eigenvalue weighted by Gasteiger charge is -2.08. The van der Waals surface area contributed by atoms with Crippen molar-refractivity contribution in [3.05, 3.63) is 46.1 Å². The van der Waals surface area contributed by atoms with E-state index in [1.54, 1.807) is 19.3 Å². The van der Waals surface area contributed by atoms with Gasteiger partial charge < -0.3 is 15.4 Å². The number of rotatable bonds is 7. The molecule has 0 atom stereocenters. The minimum Gasteiger partial charge on any atom is -0.462 e. The van der Waals surface area contributed by atoms with Crippen molar-refractivity contribution in [2.75, 3.05) is 18.5 Å². The molecule has 1 aliphatic rings. The summed E-state index contributed by atoms with van der Waals surface area (Å²) < 4.78 is 5.17. The van der Waals surface area contributed by atoms with Crippen LogP contribution in [0.5, 0.6) is 0 Å². The molecule has 25 heavy (non-hydrogen) atoms. The van der Waals surface area contributed by atoms with Crippen LogP contribution in [0.2, 0.25) is 0 Å². The lowest BCUT2D eigenvalue weighted by atomic mass is 10.1. The molecule has 2 aromatic rings. The van der Waals surface area contributed by atoms with Crippen molar-refractivity contribution in [2.24, 2.45) is 0 Å². The van der Waals surface area contributed by atoms with Gasteiger partial charge in [0.2, 0.25) is 5.91 Å². The van der Waals surface area contributed by atoms with Gasteiger partial charge in [-0.3, -0.25) is 9.78 Å². The third-order valence-corrected chi connectivity index (χ3v) is 5.20. The maximum Gasteiger partial charge on any atom is 0.341 e. The fourth-order valence-electron chi connectivity index (χ4n) is 2.91. The SMILES string of the molecule is CCOC(=O)c1c(NC(=O)CNCc2cccnc2)sc2c1CCC2. The number of amides is 1. The van der Waals surface area contributed by atoms with E-state index in [1.807, 2.05) is 12.1 Å². The molecule has 1 aliphatic carbocycles. The molecule has 0 saturated carbocycles. The van der Waals surface area contributed by atoms with Gasteiger partial charge in [-0.2, -0.15) is 0 Å². The molecule has 1 amide bonds. The van der Waals surface area contributed by atoms with Crippen molar-refractivity contribution < 1.29 is 14.3 Å². The quantitative estimate of drug-likeness (QED) is 0.743. The molecule has 0 aromatic carbocycles. The van der Waals surface area contributed by atoms with Gasteiger partial charge in [0.1, 0.15) is 5.00 Å². The molecule has 2 aromatic heterocycles. The summed E-state index contributed by atoms with van der Waals surface area (Å²) in [5, 5.41) is 6.56. The van der Waals surface area contributed by atoms with E-state index >= 15 is 0 Å². The van der Waals surface area contributed by atoms with Crippen LogP contribution in [0.4, 0.5) is 5.00 Å². The summed E-state index contributed by atoms with van der Waals surface area (Å²) in [5.74, 6) is -0.519. The number of hydrogen-bond donors (Lipinski definition) is 2. The minimum absolute atomic E-state index is 0.166. The average molecular weight is 359 g/mol. The monoisotopic (exact) mass is 359 g/mol. The van der Waals surface area contributed by atoms with Gasteiger partial charge in [0.05, 0.1) is 18.7 Å². The minimum atomic E-state index is -0.347. The molecule has 0 bridgehead atoms. The fourth-order valence-corrected chi connectivity index (χ4v) is 4.20. The summed E-state index contributed by atoms with van der Waals surface area (Å²) in [4.78, 5) is 29.7. The van der Waals surface area contributed by atoms with Gasteiger partial charge in [0.15, 0.2) is 0 Å². The Morgan fingerprint density at radius 1 is 1.36 bits per heavy atom. The van der Waals surface area contributed by atoms with Gasteiger partial charge >= 0.3 is 5.97 Å². The van der Waals surface area contributed by atoms with E-state index in [0.29, 0.717) is 23.7 Å². The van der Waals surface area contributed by atoms with Crippen LogP contribution in [0.1, 0.15) is 39.7 Å².